The van der Waals surface area contributed by atoms with E-state index in [0.29, 0.717) is 10.0 Å². The second-order valence-corrected chi connectivity index (χ2v) is 7.08. The van der Waals surface area contributed by atoms with Gasteiger partial charge in [0.15, 0.2) is 11.7 Å². The highest BCUT2D eigenvalue weighted by molar-refractivity contribution is 7.14. The molecule has 7 heteroatoms. The first-order valence-corrected chi connectivity index (χ1v) is 8.86. The van der Waals surface area contributed by atoms with Crippen molar-refractivity contribution in [3.8, 4) is 11.3 Å². The van der Waals surface area contributed by atoms with Crippen molar-refractivity contribution in [1.82, 2.24) is 4.98 Å². The van der Waals surface area contributed by atoms with Crippen LogP contribution in [0.1, 0.15) is 14.5 Å². The van der Waals surface area contributed by atoms with Gasteiger partial charge in [-0.1, -0.05) is 30.3 Å². The average molecular weight is 358 g/mol. The molecule has 3 rings (SSSR count). The molecule has 0 unspecified atom stereocenters. The van der Waals surface area contributed by atoms with Crippen molar-refractivity contribution < 1.29 is 14.3 Å². The molecule has 2 heterocycles. The van der Waals surface area contributed by atoms with Crippen molar-refractivity contribution in [2.75, 3.05) is 11.9 Å². The van der Waals surface area contributed by atoms with Gasteiger partial charge in [-0.3, -0.25) is 10.1 Å². The van der Waals surface area contributed by atoms with Crippen molar-refractivity contribution in [1.29, 1.82) is 0 Å². The Balaban J connectivity index is 1.54. The number of nitrogens with one attached hydrogen (secondary N) is 1. The molecule has 0 aliphatic carbocycles. The Labute approximate surface area is 146 Å². The molecule has 1 N–H and O–H groups in total. The molecular weight excluding hydrogens is 344 g/mol. The molecule has 0 bridgehead atoms. The minimum Gasteiger partial charge on any atom is -0.451 e. The van der Waals surface area contributed by atoms with Crippen molar-refractivity contribution in [3.05, 3.63) is 57.6 Å². The quantitative estimate of drug-likeness (QED) is 0.701. The van der Waals surface area contributed by atoms with Crippen LogP contribution in [-0.4, -0.2) is 23.5 Å². The number of carbonyl (C=O) groups is 2. The number of esters is 1. The van der Waals surface area contributed by atoms with E-state index < -0.39 is 11.9 Å². The molecule has 0 spiro atoms. The third-order valence-electron chi connectivity index (χ3n) is 3.10. The van der Waals surface area contributed by atoms with E-state index in [2.05, 4.69) is 10.3 Å². The minimum absolute atomic E-state index is 0.337. The first-order chi connectivity index (χ1) is 11.6. The van der Waals surface area contributed by atoms with Gasteiger partial charge >= 0.3 is 5.97 Å². The highest BCUT2D eigenvalue weighted by Gasteiger charge is 2.13. The van der Waals surface area contributed by atoms with E-state index in [1.54, 1.807) is 6.07 Å². The van der Waals surface area contributed by atoms with Crippen molar-refractivity contribution in [2.24, 2.45) is 0 Å². The van der Waals surface area contributed by atoms with Crippen molar-refractivity contribution in [2.45, 2.75) is 6.92 Å². The number of aromatic nitrogens is 1. The lowest BCUT2D eigenvalue weighted by molar-refractivity contribution is -0.119. The van der Waals surface area contributed by atoms with E-state index in [1.807, 2.05) is 48.7 Å². The van der Waals surface area contributed by atoms with Gasteiger partial charge in [0.25, 0.3) is 5.91 Å². The molecule has 0 aliphatic heterocycles. The zero-order valence-corrected chi connectivity index (χ0v) is 14.4. The largest absolute Gasteiger partial charge is 0.451 e. The Kier molecular flexibility index (Phi) is 5.02. The van der Waals surface area contributed by atoms with E-state index in [9.17, 15) is 9.59 Å². The van der Waals surface area contributed by atoms with Gasteiger partial charge in [-0.05, 0) is 19.1 Å². The lowest BCUT2D eigenvalue weighted by Crippen LogP contribution is -2.20. The van der Waals surface area contributed by atoms with E-state index in [-0.39, 0.29) is 6.61 Å². The number of nitrogens with zero attached hydrogens (tertiary/aromatic N) is 1. The van der Waals surface area contributed by atoms with Crippen LogP contribution in [0.25, 0.3) is 11.3 Å². The number of amides is 1. The number of rotatable bonds is 5. The Hall–Kier alpha value is -2.51. The number of ether oxygens (including phenoxy) is 1. The van der Waals surface area contributed by atoms with Gasteiger partial charge in [-0.2, -0.15) is 0 Å². The predicted molar refractivity (Wildman–Crippen MR) is 95.5 cm³/mol. The summed E-state index contributed by atoms with van der Waals surface area (Å²) >= 11 is 2.66. The molecule has 0 fully saturated rings. The highest BCUT2D eigenvalue weighted by atomic mass is 32.1. The molecule has 3 aromatic rings. The lowest BCUT2D eigenvalue weighted by Gasteiger charge is -2.03. The SMILES string of the molecule is Cc1ccc(C(=O)OCC(=O)Nc2nc(-c3ccccc3)cs2)s1. The molecule has 0 saturated carbocycles. The smallest absolute Gasteiger partial charge is 0.348 e. The molecule has 1 aromatic carbocycles. The standard InChI is InChI=1S/C17H14N2O3S2/c1-11-7-8-14(24-11)16(21)22-9-15(20)19-17-18-13(10-23-17)12-5-3-2-4-6-12/h2-8,10H,9H2,1H3,(H,18,19,20). The number of thiophene rings is 1. The van der Waals surface area contributed by atoms with Crippen LogP contribution >= 0.6 is 22.7 Å². The van der Waals surface area contributed by atoms with Crippen LogP contribution in [0, 0.1) is 6.92 Å². The summed E-state index contributed by atoms with van der Waals surface area (Å²) < 4.78 is 5.00. The number of anilines is 1. The molecule has 122 valence electrons. The number of hydrogen-bond acceptors (Lipinski definition) is 6. The van der Waals surface area contributed by atoms with Gasteiger partial charge in [-0.15, -0.1) is 22.7 Å². The Bertz CT molecular complexity index is 856. The third-order valence-corrected chi connectivity index (χ3v) is 4.83. The molecule has 0 aliphatic rings. The monoisotopic (exact) mass is 358 g/mol. The first kappa shape index (κ1) is 16.4. The number of thiazole rings is 1. The van der Waals surface area contributed by atoms with Gasteiger partial charge in [0.1, 0.15) is 4.88 Å². The van der Waals surface area contributed by atoms with Crippen LogP contribution in [0.2, 0.25) is 0 Å². The molecule has 0 radical (unpaired) electrons. The fourth-order valence-corrected chi connectivity index (χ4v) is 3.47. The maximum absolute atomic E-state index is 11.9. The van der Waals surface area contributed by atoms with E-state index in [1.165, 1.54) is 22.7 Å². The van der Waals surface area contributed by atoms with Crippen LogP contribution in [0.5, 0.6) is 0 Å². The Morgan fingerprint density at radius 3 is 2.67 bits per heavy atom. The van der Waals surface area contributed by atoms with Gasteiger partial charge in [-0.25, -0.2) is 9.78 Å². The molecule has 2 aromatic heterocycles. The van der Waals surface area contributed by atoms with Gasteiger partial charge in [0.2, 0.25) is 0 Å². The molecular formula is C17H14N2O3S2. The minimum atomic E-state index is -0.493. The number of benzene rings is 1. The molecule has 0 atom stereocenters. The number of aryl methyl sites for hydroxylation is 1. The van der Waals surface area contributed by atoms with E-state index in [4.69, 9.17) is 4.74 Å². The van der Waals surface area contributed by atoms with Crippen LogP contribution < -0.4 is 5.32 Å². The fraction of sp³-hybridized carbons (Fsp3) is 0.118. The van der Waals surface area contributed by atoms with Crippen LogP contribution in [0.4, 0.5) is 5.13 Å². The van der Waals surface area contributed by atoms with Gasteiger partial charge in [0.05, 0.1) is 5.69 Å². The van der Waals surface area contributed by atoms with Crippen molar-refractivity contribution >= 4 is 39.7 Å². The molecule has 1 amide bonds. The Morgan fingerprint density at radius 2 is 1.96 bits per heavy atom. The summed E-state index contributed by atoms with van der Waals surface area (Å²) in [6, 6.07) is 13.2. The zero-order chi connectivity index (χ0) is 16.9. The normalized spacial score (nSPS) is 10.4. The summed E-state index contributed by atoms with van der Waals surface area (Å²) in [6.07, 6.45) is 0. The summed E-state index contributed by atoms with van der Waals surface area (Å²) in [5.74, 6) is -0.905. The van der Waals surface area contributed by atoms with Crippen molar-refractivity contribution in [3.63, 3.8) is 0 Å². The molecule has 5 nitrogen and oxygen atoms in total. The van der Waals surface area contributed by atoms with Crippen LogP contribution in [-0.2, 0) is 9.53 Å². The third kappa shape index (κ3) is 4.06. The summed E-state index contributed by atoms with van der Waals surface area (Å²) in [4.78, 5) is 29.5. The second-order valence-electron chi connectivity index (χ2n) is 4.94. The predicted octanol–water partition coefficient (Wildman–Crippen LogP) is 3.98. The number of carbonyl (C=O) groups excluding carboxylic acids is 2. The van der Waals surface area contributed by atoms with Gasteiger partial charge in [0, 0.05) is 15.8 Å². The maximum atomic E-state index is 11.9. The summed E-state index contributed by atoms with van der Waals surface area (Å²) in [6.45, 7) is 1.57. The molecule has 24 heavy (non-hydrogen) atoms. The first-order valence-electron chi connectivity index (χ1n) is 7.16. The fourth-order valence-electron chi connectivity index (χ4n) is 1.97. The number of hydrogen-bond donors (Lipinski definition) is 1. The maximum Gasteiger partial charge on any atom is 0.348 e. The average Bonchev–Trinajstić information content (AvgIpc) is 3.23. The summed E-state index contributed by atoms with van der Waals surface area (Å²) in [7, 11) is 0. The molecule has 0 saturated heterocycles. The van der Waals surface area contributed by atoms with Crippen LogP contribution in [0.3, 0.4) is 0 Å². The lowest BCUT2D eigenvalue weighted by atomic mass is 10.2. The Morgan fingerprint density at radius 1 is 1.17 bits per heavy atom. The van der Waals surface area contributed by atoms with Crippen LogP contribution in [0.15, 0.2) is 47.8 Å². The highest BCUT2D eigenvalue weighted by Crippen LogP contribution is 2.24. The topological polar surface area (TPSA) is 68.3 Å². The summed E-state index contributed by atoms with van der Waals surface area (Å²) in [5.41, 5.74) is 1.77. The summed E-state index contributed by atoms with van der Waals surface area (Å²) in [5, 5.41) is 4.98. The zero-order valence-electron chi connectivity index (χ0n) is 12.8. The second kappa shape index (κ2) is 7.37. The van der Waals surface area contributed by atoms with E-state index in [0.717, 1.165) is 16.1 Å². The van der Waals surface area contributed by atoms with Gasteiger partial charge < -0.3 is 4.74 Å². The van der Waals surface area contributed by atoms with E-state index >= 15 is 0 Å².